The smallest absolute Gasteiger partial charge is 0.339 e. The van der Waals surface area contributed by atoms with Gasteiger partial charge in [0.25, 0.3) is 0 Å². The van der Waals surface area contributed by atoms with E-state index in [1.807, 2.05) is 13.0 Å². The standard InChI is InChI=1S/C26H42O4/c1-6-10-14-21(8-3)18-29-25(27)23-16-12-13-20(5)17-24(23)26(28)30-19-22(9-4)15-11-7-2/h12,16-17,21-22H,6-11,13-15,18-19H2,1-5H3. The lowest BCUT2D eigenvalue weighted by Crippen LogP contribution is -2.20. The summed E-state index contributed by atoms with van der Waals surface area (Å²) >= 11 is 0. The van der Waals surface area contributed by atoms with Crippen molar-refractivity contribution in [2.24, 2.45) is 11.8 Å². The molecular weight excluding hydrogens is 376 g/mol. The van der Waals surface area contributed by atoms with Gasteiger partial charge in [0.1, 0.15) is 0 Å². The average Bonchev–Trinajstić information content (AvgIpc) is 2.95. The van der Waals surface area contributed by atoms with Crippen LogP contribution in [0.15, 0.2) is 34.9 Å². The van der Waals surface area contributed by atoms with Gasteiger partial charge in [0.15, 0.2) is 0 Å². The van der Waals surface area contributed by atoms with Crippen LogP contribution < -0.4 is 0 Å². The molecular formula is C26H42O4. The average molecular weight is 419 g/mol. The molecule has 0 N–H and O–H groups in total. The van der Waals surface area contributed by atoms with Gasteiger partial charge >= 0.3 is 11.9 Å². The van der Waals surface area contributed by atoms with Gasteiger partial charge in [-0.2, -0.15) is 0 Å². The van der Waals surface area contributed by atoms with Gasteiger partial charge in [-0.3, -0.25) is 0 Å². The van der Waals surface area contributed by atoms with Crippen LogP contribution in [0.4, 0.5) is 0 Å². The summed E-state index contributed by atoms with van der Waals surface area (Å²) in [5.74, 6) is -0.140. The van der Waals surface area contributed by atoms with Crippen molar-refractivity contribution in [1.82, 2.24) is 0 Å². The molecule has 0 aromatic carbocycles. The van der Waals surface area contributed by atoms with Crippen molar-refractivity contribution in [3.05, 3.63) is 34.9 Å². The van der Waals surface area contributed by atoms with Crippen LogP contribution in [0.1, 0.15) is 92.4 Å². The summed E-state index contributed by atoms with van der Waals surface area (Å²) in [6.45, 7) is 11.3. The number of carbonyl (C=O) groups excluding carboxylic acids is 2. The van der Waals surface area contributed by atoms with Crippen LogP contribution >= 0.6 is 0 Å². The molecule has 0 aliphatic heterocycles. The maximum atomic E-state index is 12.9. The van der Waals surface area contributed by atoms with E-state index in [0.29, 0.717) is 42.6 Å². The molecule has 1 aliphatic carbocycles. The first kappa shape index (κ1) is 26.2. The SMILES string of the molecule is CCCCC(CC)COC(=O)C1=C(C(=O)OCC(CC)CCCC)C=C(C)CC=C1. The molecule has 0 radical (unpaired) electrons. The molecule has 0 bridgehead atoms. The highest BCUT2D eigenvalue weighted by atomic mass is 16.5. The third kappa shape index (κ3) is 9.32. The molecule has 0 amide bonds. The Labute approximate surface area is 183 Å². The normalized spacial score (nSPS) is 16.0. The van der Waals surface area contributed by atoms with E-state index < -0.39 is 11.9 Å². The Morgan fingerprint density at radius 3 is 1.83 bits per heavy atom. The predicted octanol–water partition coefficient (Wildman–Crippen LogP) is 6.71. The molecule has 4 heteroatoms. The molecule has 2 atom stereocenters. The van der Waals surface area contributed by atoms with Gasteiger partial charge in [-0.1, -0.05) is 83.9 Å². The Kier molecular flexibility index (Phi) is 13.1. The molecule has 0 saturated heterocycles. The number of allylic oxidation sites excluding steroid dienone is 2. The zero-order valence-corrected chi connectivity index (χ0v) is 19.8. The molecule has 0 heterocycles. The van der Waals surface area contributed by atoms with E-state index in [1.165, 1.54) is 0 Å². The van der Waals surface area contributed by atoms with Gasteiger partial charge in [0, 0.05) is 0 Å². The predicted molar refractivity (Wildman–Crippen MR) is 123 cm³/mol. The second kappa shape index (κ2) is 15.0. The highest BCUT2D eigenvalue weighted by Crippen LogP contribution is 2.22. The number of unbranched alkanes of at least 4 members (excludes halogenated alkanes) is 2. The second-order valence-corrected chi connectivity index (χ2v) is 8.45. The van der Waals surface area contributed by atoms with Gasteiger partial charge in [0.05, 0.1) is 24.4 Å². The summed E-state index contributed by atoms with van der Waals surface area (Å²) in [6.07, 6.45) is 14.7. The zero-order chi connectivity index (χ0) is 22.4. The molecule has 1 aliphatic rings. The lowest BCUT2D eigenvalue weighted by Gasteiger charge is -2.17. The van der Waals surface area contributed by atoms with Crippen molar-refractivity contribution < 1.29 is 19.1 Å². The van der Waals surface area contributed by atoms with Crippen LogP contribution in [0.25, 0.3) is 0 Å². The summed E-state index contributed by atoms with van der Waals surface area (Å²) in [6, 6.07) is 0. The van der Waals surface area contributed by atoms with Crippen LogP contribution in [0, 0.1) is 11.8 Å². The van der Waals surface area contributed by atoms with E-state index in [2.05, 4.69) is 27.7 Å². The van der Waals surface area contributed by atoms with Crippen LogP contribution in [0.2, 0.25) is 0 Å². The molecule has 1 rings (SSSR count). The van der Waals surface area contributed by atoms with Crippen LogP contribution in [-0.4, -0.2) is 25.2 Å². The summed E-state index contributed by atoms with van der Waals surface area (Å²) in [4.78, 5) is 25.7. The third-order valence-corrected chi connectivity index (χ3v) is 5.83. The lowest BCUT2D eigenvalue weighted by molar-refractivity contribution is -0.143. The van der Waals surface area contributed by atoms with Gasteiger partial charge in [0.2, 0.25) is 0 Å². The minimum Gasteiger partial charge on any atom is -0.462 e. The van der Waals surface area contributed by atoms with Crippen molar-refractivity contribution in [3.8, 4) is 0 Å². The Bertz CT molecular complexity index is 627. The molecule has 0 spiro atoms. The Hall–Kier alpha value is -1.84. The quantitative estimate of drug-likeness (QED) is 0.294. The van der Waals surface area contributed by atoms with Gasteiger partial charge in [-0.05, 0) is 44.1 Å². The molecule has 0 fully saturated rings. The number of ether oxygens (including phenoxy) is 2. The van der Waals surface area contributed by atoms with E-state index in [-0.39, 0.29) is 0 Å². The van der Waals surface area contributed by atoms with E-state index in [1.54, 1.807) is 12.2 Å². The minimum atomic E-state index is -0.433. The topological polar surface area (TPSA) is 52.6 Å². The van der Waals surface area contributed by atoms with E-state index in [0.717, 1.165) is 56.9 Å². The number of hydrogen-bond acceptors (Lipinski definition) is 4. The van der Waals surface area contributed by atoms with E-state index in [4.69, 9.17) is 9.47 Å². The van der Waals surface area contributed by atoms with Crippen molar-refractivity contribution in [1.29, 1.82) is 0 Å². The van der Waals surface area contributed by atoms with Crippen molar-refractivity contribution in [2.45, 2.75) is 92.4 Å². The van der Waals surface area contributed by atoms with Crippen LogP contribution in [-0.2, 0) is 19.1 Å². The summed E-state index contributed by atoms with van der Waals surface area (Å²) in [5, 5.41) is 0. The number of hydrogen-bond donors (Lipinski definition) is 0. The molecule has 0 aromatic heterocycles. The number of esters is 2. The lowest BCUT2D eigenvalue weighted by atomic mass is 10.0. The fourth-order valence-corrected chi connectivity index (χ4v) is 3.52. The Morgan fingerprint density at radius 1 is 0.867 bits per heavy atom. The van der Waals surface area contributed by atoms with Crippen molar-refractivity contribution in [2.75, 3.05) is 13.2 Å². The third-order valence-electron chi connectivity index (χ3n) is 5.83. The molecule has 0 aromatic rings. The van der Waals surface area contributed by atoms with Crippen LogP contribution in [0.5, 0.6) is 0 Å². The van der Waals surface area contributed by atoms with Crippen LogP contribution in [0.3, 0.4) is 0 Å². The minimum absolute atomic E-state index is 0.309. The highest BCUT2D eigenvalue weighted by Gasteiger charge is 2.23. The highest BCUT2D eigenvalue weighted by molar-refractivity contribution is 6.04. The van der Waals surface area contributed by atoms with E-state index >= 15 is 0 Å². The first-order valence-corrected chi connectivity index (χ1v) is 11.9. The fraction of sp³-hybridized carbons (Fsp3) is 0.692. The first-order valence-electron chi connectivity index (χ1n) is 11.9. The Morgan fingerprint density at radius 2 is 1.37 bits per heavy atom. The van der Waals surface area contributed by atoms with Gasteiger partial charge < -0.3 is 9.47 Å². The molecule has 0 saturated carbocycles. The Balaban J connectivity index is 2.89. The number of rotatable bonds is 14. The van der Waals surface area contributed by atoms with Crippen molar-refractivity contribution in [3.63, 3.8) is 0 Å². The summed E-state index contributed by atoms with van der Waals surface area (Å²) in [5.41, 5.74) is 1.65. The number of carbonyl (C=O) groups is 2. The van der Waals surface area contributed by atoms with Gasteiger partial charge in [-0.25, -0.2) is 9.59 Å². The molecule has 4 nitrogen and oxygen atoms in total. The monoisotopic (exact) mass is 418 g/mol. The zero-order valence-electron chi connectivity index (χ0n) is 19.8. The molecule has 2 unspecified atom stereocenters. The fourth-order valence-electron chi connectivity index (χ4n) is 3.52. The molecule has 30 heavy (non-hydrogen) atoms. The first-order chi connectivity index (χ1) is 14.5. The largest absolute Gasteiger partial charge is 0.462 e. The van der Waals surface area contributed by atoms with Crippen molar-refractivity contribution >= 4 is 11.9 Å². The second-order valence-electron chi connectivity index (χ2n) is 8.45. The maximum absolute atomic E-state index is 12.9. The van der Waals surface area contributed by atoms with Gasteiger partial charge in [-0.15, -0.1) is 0 Å². The molecule has 170 valence electrons. The maximum Gasteiger partial charge on any atom is 0.339 e. The summed E-state index contributed by atoms with van der Waals surface area (Å²) in [7, 11) is 0. The van der Waals surface area contributed by atoms with E-state index in [9.17, 15) is 9.59 Å². The summed E-state index contributed by atoms with van der Waals surface area (Å²) < 4.78 is 11.3.